The zero-order chi connectivity index (χ0) is 35.3. The molecule has 8 nitrogen and oxygen atoms in total. The van der Waals surface area contributed by atoms with Crippen LogP contribution in [0.15, 0.2) is 93.9 Å². The molecule has 0 spiro atoms. The third-order valence-electron chi connectivity index (χ3n) is 10.3. The van der Waals surface area contributed by atoms with Gasteiger partial charge in [-0.1, -0.05) is 100 Å². The van der Waals surface area contributed by atoms with Crippen molar-refractivity contribution >= 4 is 36.6 Å². The molecule has 49 heavy (non-hydrogen) atoms. The Balaban J connectivity index is 1.56. The van der Waals surface area contributed by atoms with E-state index < -0.39 is 32.2 Å². The second-order valence-corrected chi connectivity index (χ2v) is 18.7. The summed E-state index contributed by atoms with van der Waals surface area (Å²) in [5.41, 5.74) is 2.50. The number of allylic oxidation sites excluding steroid dienone is 1. The molecule has 0 radical (unpaired) electrons. The molecule has 1 fully saturated rings. The van der Waals surface area contributed by atoms with Crippen molar-refractivity contribution in [1.29, 1.82) is 0 Å². The summed E-state index contributed by atoms with van der Waals surface area (Å²) >= 11 is 0. The number of rotatable bonds is 14. The number of hydrogen-bond acceptors (Lipinski definition) is 7. The molecule has 3 N–H and O–H groups in total. The van der Waals surface area contributed by atoms with E-state index in [0.29, 0.717) is 29.9 Å². The molecule has 2 aromatic carbocycles. The van der Waals surface area contributed by atoms with E-state index in [2.05, 4.69) is 52.0 Å². The van der Waals surface area contributed by atoms with Crippen LogP contribution in [0.1, 0.15) is 71.3 Å². The van der Waals surface area contributed by atoms with Gasteiger partial charge in [-0.25, -0.2) is 0 Å². The van der Waals surface area contributed by atoms with E-state index in [1.807, 2.05) is 48.5 Å². The maximum atomic E-state index is 13.4. The first kappa shape index (κ1) is 36.7. The van der Waals surface area contributed by atoms with E-state index in [4.69, 9.17) is 8.84 Å². The first-order chi connectivity index (χ1) is 23.5. The van der Waals surface area contributed by atoms with Crippen molar-refractivity contribution in [2.75, 3.05) is 20.3 Å². The van der Waals surface area contributed by atoms with E-state index in [9.17, 15) is 24.9 Å². The fourth-order valence-corrected chi connectivity index (χ4v) is 12.6. The molecule has 5 rings (SSSR count). The van der Waals surface area contributed by atoms with Gasteiger partial charge in [0.25, 0.3) is 8.32 Å². The number of fused-ring (bicyclic) bond motifs is 1. The number of furan rings is 1. The largest absolute Gasteiger partial charge is 0.459 e. The summed E-state index contributed by atoms with van der Waals surface area (Å²) in [6.45, 7) is 8.33. The van der Waals surface area contributed by atoms with Gasteiger partial charge in [-0.05, 0) is 70.4 Å². The third kappa shape index (κ3) is 7.32. The van der Waals surface area contributed by atoms with Gasteiger partial charge in [0.15, 0.2) is 0 Å². The molecule has 1 saturated heterocycles. The zero-order valence-corrected chi connectivity index (χ0v) is 30.4. The molecule has 1 aliphatic heterocycles. The number of likely N-dealkylation sites (tertiary alicyclic amines) is 1. The Bertz CT molecular complexity index is 1620. The quantitative estimate of drug-likeness (QED) is 0.121. The number of amides is 2. The molecule has 0 bridgehead atoms. The molecule has 4 atom stereocenters. The van der Waals surface area contributed by atoms with Crippen LogP contribution in [0.25, 0.3) is 6.08 Å². The highest BCUT2D eigenvalue weighted by molar-refractivity contribution is 6.99. The lowest BCUT2D eigenvalue weighted by Crippen LogP contribution is -2.66. The van der Waals surface area contributed by atoms with Gasteiger partial charge in [-0.2, -0.15) is 0 Å². The maximum Gasteiger partial charge on any atom is 0.261 e. The Kier molecular flexibility index (Phi) is 11.6. The zero-order valence-electron chi connectivity index (χ0n) is 29.4. The van der Waals surface area contributed by atoms with E-state index in [0.717, 1.165) is 34.4 Å². The number of aliphatic hydroxyl groups excluding tert-OH is 3. The fraction of sp³-hybridized carbons (Fsp3) is 0.450. The summed E-state index contributed by atoms with van der Waals surface area (Å²) in [7, 11) is -1.47. The predicted octanol–water partition coefficient (Wildman–Crippen LogP) is 5.21. The lowest BCUT2D eigenvalue weighted by molar-refractivity contribution is -0.138. The van der Waals surface area contributed by atoms with E-state index in [1.165, 1.54) is 11.9 Å². The van der Waals surface area contributed by atoms with E-state index in [1.54, 1.807) is 6.07 Å². The molecule has 2 heterocycles. The van der Waals surface area contributed by atoms with Crippen LogP contribution in [-0.2, 0) is 20.6 Å². The first-order valence-corrected chi connectivity index (χ1v) is 19.3. The van der Waals surface area contributed by atoms with Crippen LogP contribution in [0.3, 0.4) is 0 Å². The average molecular weight is 686 g/mol. The molecule has 2 amide bonds. The SMILES string of the molecule is CCC/C(=C\c1ccc(CO)o1)CC[C@@H](O)C1=C(CO[Si](c2ccccc2)(c2ccccc2)C(C)(C)C)C[C@H]2C(=O)N(C)C(=O)[C@H]2[C@H]1CO. The van der Waals surface area contributed by atoms with Crippen molar-refractivity contribution in [3.8, 4) is 0 Å². The smallest absolute Gasteiger partial charge is 0.261 e. The maximum absolute atomic E-state index is 13.4. The highest BCUT2D eigenvalue weighted by atomic mass is 28.4. The van der Waals surface area contributed by atoms with Gasteiger partial charge >= 0.3 is 0 Å². The molecule has 3 aromatic rings. The predicted molar refractivity (Wildman–Crippen MR) is 193 cm³/mol. The topological polar surface area (TPSA) is 120 Å². The van der Waals surface area contributed by atoms with Crippen LogP contribution >= 0.6 is 0 Å². The van der Waals surface area contributed by atoms with Crippen LogP contribution in [0.5, 0.6) is 0 Å². The minimum atomic E-state index is -2.98. The molecule has 2 aliphatic rings. The van der Waals surface area contributed by atoms with Gasteiger partial charge in [0.2, 0.25) is 11.8 Å². The number of imide groups is 1. The number of aliphatic hydroxyl groups is 3. The lowest BCUT2D eigenvalue weighted by atomic mass is 9.68. The summed E-state index contributed by atoms with van der Waals surface area (Å²) in [4.78, 5) is 28.0. The van der Waals surface area contributed by atoms with Gasteiger partial charge in [0, 0.05) is 13.0 Å². The number of nitrogens with zero attached hydrogens (tertiary/aromatic N) is 1. The summed E-state index contributed by atoms with van der Waals surface area (Å²) in [6, 6.07) is 24.2. The molecule has 9 heteroatoms. The van der Waals surface area contributed by atoms with Crippen molar-refractivity contribution in [3.63, 3.8) is 0 Å². The normalized spacial score (nSPS) is 21.0. The fourth-order valence-electron chi connectivity index (χ4n) is 8.03. The Morgan fingerprint density at radius 2 is 1.61 bits per heavy atom. The Morgan fingerprint density at radius 1 is 0.980 bits per heavy atom. The molecular formula is C40H51NO7Si. The van der Waals surface area contributed by atoms with Crippen LogP contribution in [0.2, 0.25) is 5.04 Å². The van der Waals surface area contributed by atoms with Crippen molar-refractivity contribution in [2.24, 2.45) is 17.8 Å². The standard InChI is InChI=1S/C40H51NO7Si/c1-6-13-27(22-29-19-20-30(24-42)48-29)18-21-35(44)36-28(23-33-37(34(36)25-43)39(46)41(5)38(33)45)26-47-49(40(2,3)4,31-14-9-7-10-15-31)32-16-11-8-12-17-32/h7-12,14-17,19-20,22,33-35,37,42-44H,6,13,18,21,23-26H2,1-5H3/b27-22+/t33-,34+,35-,37-/m1/s1. The monoisotopic (exact) mass is 685 g/mol. The summed E-state index contributed by atoms with van der Waals surface area (Å²) in [5, 5.41) is 34.3. The minimum absolute atomic E-state index is 0.165. The summed E-state index contributed by atoms with van der Waals surface area (Å²) < 4.78 is 13.0. The number of carbonyl (C=O) groups excluding carboxylic acids is 2. The molecule has 0 unspecified atom stereocenters. The second kappa shape index (κ2) is 15.5. The Morgan fingerprint density at radius 3 is 2.14 bits per heavy atom. The summed E-state index contributed by atoms with van der Waals surface area (Å²) in [6.07, 6.45) is 3.92. The molecule has 0 saturated carbocycles. The van der Waals surface area contributed by atoms with Crippen molar-refractivity contribution in [2.45, 2.75) is 77.5 Å². The summed E-state index contributed by atoms with van der Waals surface area (Å²) in [5.74, 6) is -1.47. The number of benzene rings is 2. The van der Waals surface area contributed by atoms with Gasteiger partial charge in [-0.15, -0.1) is 0 Å². The molecule has 1 aliphatic carbocycles. The van der Waals surface area contributed by atoms with E-state index in [-0.39, 0.29) is 43.1 Å². The van der Waals surface area contributed by atoms with Crippen molar-refractivity contribution in [1.82, 2.24) is 4.90 Å². The highest BCUT2D eigenvalue weighted by Gasteiger charge is 2.55. The van der Waals surface area contributed by atoms with Gasteiger partial charge < -0.3 is 24.2 Å². The van der Waals surface area contributed by atoms with Gasteiger partial charge in [0.05, 0.1) is 31.2 Å². The highest BCUT2D eigenvalue weighted by Crippen LogP contribution is 2.47. The molecule has 1 aromatic heterocycles. The lowest BCUT2D eigenvalue weighted by Gasteiger charge is -2.44. The second-order valence-electron chi connectivity index (χ2n) is 14.4. The first-order valence-electron chi connectivity index (χ1n) is 17.4. The number of hydrogen-bond donors (Lipinski definition) is 3. The van der Waals surface area contributed by atoms with Crippen molar-refractivity contribution in [3.05, 3.63) is 101 Å². The Hall–Kier alpha value is -3.60. The Labute approximate surface area is 291 Å². The average Bonchev–Trinajstić information content (AvgIpc) is 3.64. The van der Waals surface area contributed by atoms with Crippen LogP contribution in [0, 0.1) is 17.8 Å². The van der Waals surface area contributed by atoms with Crippen LogP contribution in [-0.4, -0.2) is 66.7 Å². The molecular weight excluding hydrogens is 635 g/mol. The van der Waals surface area contributed by atoms with Gasteiger partial charge in [0.1, 0.15) is 18.1 Å². The molecule has 262 valence electrons. The van der Waals surface area contributed by atoms with Crippen LogP contribution in [0.4, 0.5) is 0 Å². The van der Waals surface area contributed by atoms with E-state index >= 15 is 0 Å². The third-order valence-corrected chi connectivity index (χ3v) is 15.3. The minimum Gasteiger partial charge on any atom is -0.459 e. The van der Waals surface area contributed by atoms with Crippen LogP contribution < -0.4 is 10.4 Å². The van der Waals surface area contributed by atoms with Crippen molar-refractivity contribution < 1.29 is 33.8 Å². The number of carbonyl (C=O) groups is 2. The van der Waals surface area contributed by atoms with Gasteiger partial charge in [-0.3, -0.25) is 14.5 Å².